The minimum Gasteiger partial charge on any atom is -0.376 e. The van der Waals surface area contributed by atoms with Gasteiger partial charge in [-0.05, 0) is 35.3 Å². The Kier molecular flexibility index (Phi) is 6.47. The molecule has 0 heterocycles. The number of hydrogen-bond donors (Lipinski definition) is 1. The van der Waals surface area contributed by atoms with E-state index in [1.165, 1.54) is 5.56 Å². The highest BCUT2D eigenvalue weighted by molar-refractivity contribution is 9.10. The number of thiol groups is 1. The first-order valence-electron chi connectivity index (χ1n) is 5.56. The normalized spacial score (nSPS) is 13.1. The molecule has 1 aromatic rings. The second kappa shape index (κ2) is 7.36. The van der Waals surface area contributed by atoms with Crippen molar-refractivity contribution in [3.63, 3.8) is 0 Å². The van der Waals surface area contributed by atoms with E-state index in [2.05, 4.69) is 54.5 Å². The average molecular weight is 303 g/mol. The van der Waals surface area contributed by atoms with Crippen molar-refractivity contribution in [3.8, 4) is 0 Å². The smallest absolute Gasteiger partial charge is 0.0717 e. The summed E-state index contributed by atoms with van der Waals surface area (Å²) in [5, 5.41) is 0. The molecule has 0 spiro atoms. The molecule has 0 aromatic heterocycles. The van der Waals surface area contributed by atoms with Gasteiger partial charge >= 0.3 is 0 Å². The van der Waals surface area contributed by atoms with Crippen LogP contribution in [0.5, 0.6) is 0 Å². The molecular formula is C13H19BrOS. The first kappa shape index (κ1) is 14.1. The fourth-order valence-electron chi connectivity index (χ4n) is 1.36. The van der Waals surface area contributed by atoms with E-state index < -0.39 is 0 Å². The zero-order valence-corrected chi connectivity index (χ0v) is 12.3. The quantitative estimate of drug-likeness (QED) is 0.776. The number of halogens is 1. The molecule has 16 heavy (non-hydrogen) atoms. The predicted octanol–water partition coefficient (Wildman–Crippen LogP) is 4.17. The summed E-state index contributed by atoms with van der Waals surface area (Å²) in [5.41, 5.74) is 1.21. The van der Waals surface area contributed by atoms with Crippen LogP contribution < -0.4 is 0 Å². The van der Waals surface area contributed by atoms with Crippen LogP contribution in [-0.4, -0.2) is 12.4 Å². The van der Waals surface area contributed by atoms with Crippen LogP contribution in [0.15, 0.2) is 28.7 Å². The Morgan fingerprint density at radius 3 is 2.38 bits per heavy atom. The van der Waals surface area contributed by atoms with Gasteiger partial charge in [-0.1, -0.05) is 41.9 Å². The van der Waals surface area contributed by atoms with Gasteiger partial charge in [0.05, 0.1) is 13.2 Å². The monoisotopic (exact) mass is 302 g/mol. The SMILES string of the molecule is CC(C)C(CS)COCc1ccc(Br)cc1. The molecule has 0 aliphatic heterocycles. The Bertz CT molecular complexity index is 297. The first-order valence-corrected chi connectivity index (χ1v) is 6.99. The largest absolute Gasteiger partial charge is 0.376 e. The van der Waals surface area contributed by atoms with E-state index in [-0.39, 0.29) is 0 Å². The van der Waals surface area contributed by atoms with Gasteiger partial charge in [0, 0.05) is 4.47 Å². The summed E-state index contributed by atoms with van der Waals surface area (Å²) in [5.74, 6) is 2.05. The molecule has 0 saturated carbocycles. The van der Waals surface area contributed by atoms with Crippen LogP contribution in [0.4, 0.5) is 0 Å². The van der Waals surface area contributed by atoms with Gasteiger partial charge in [-0.25, -0.2) is 0 Å². The molecule has 90 valence electrons. The van der Waals surface area contributed by atoms with Crippen molar-refractivity contribution >= 4 is 28.6 Å². The maximum Gasteiger partial charge on any atom is 0.0717 e. The Morgan fingerprint density at radius 2 is 1.88 bits per heavy atom. The molecule has 0 bridgehead atoms. The Labute approximate surface area is 112 Å². The van der Waals surface area contributed by atoms with Gasteiger partial charge in [0.15, 0.2) is 0 Å². The van der Waals surface area contributed by atoms with Crippen molar-refractivity contribution in [3.05, 3.63) is 34.3 Å². The number of hydrogen-bond acceptors (Lipinski definition) is 2. The van der Waals surface area contributed by atoms with E-state index in [0.29, 0.717) is 18.4 Å². The van der Waals surface area contributed by atoms with Crippen molar-refractivity contribution < 1.29 is 4.74 Å². The van der Waals surface area contributed by atoms with Crippen LogP contribution in [0.3, 0.4) is 0 Å². The van der Waals surface area contributed by atoms with E-state index >= 15 is 0 Å². The zero-order chi connectivity index (χ0) is 12.0. The number of benzene rings is 1. The molecule has 0 saturated heterocycles. The van der Waals surface area contributed by atoms with Gasteiger partial charge in [0.2, 0.25) is 0 Å². The molecular weight excluding hydrogens is 284 g/mol. The maximum atomic E-state index is 5.71. The molecule has 3 heteroatoms. The summed E-state index contributed by atoms with van der Waals surface area (Å²) < 4.78 is 6.81. The van der Waals surface area contributed by atoms with Crippen LogP contribution in [0.1, 0.15) is 19.4 Å². The van der Waals surface area contributed by atoms with Gasteiger partial charge in [-0.2, -0.15) is 12.6 Å². The molecule has 1 unspecified atom stereocenters. The molecule has 0 amide bonds. The summed E-state index contributed by atoms with van der Waals surface area (Å²) in [6.07, 6.45) is 0. The lowest BCUT2D eigenvalue weighted by molar-refractivity contribution is 0.0798. The molecule has 1 nitrogen and oxygen atoms in total. The first-order chi connectivity index (χ1) is 7.63. The third-order valence-corrected chi connectivity index (χ3v) is 3.69. The number of ether oxygens (including phenoxy) is 1. The molecule has 0 aliphatic carbocycles. The van der Waals surface area contributed by atoms with Crippen molar-refractivity contribution in [1.82, 2.24) is 0 Å². The van der Waals surface area contributed by atoms with Crippen LogP contribution in [0.25, 0.3) is 0 Å². The van der Waals surface area contributed by atoms with E-state index in [1.807, 2.05) is 12.1 Å². The Morgan fingerprint density at radius 1 is 1.25 bits per heavy atom. The topological polar surface area (TPSA) is 9.23 Å². The second-order valence-electron chi connectivity index (χ2n) is 4.33. The van der Waals surface area contributed by atoms with E-state index in [1.54, 1.807) is 0 Å². The van der Waals surface area contributed by atoms with Gasteiger partial charge in [-0.3, -0.25) is 0 Å². The van der Waals surface area contributed by atoms with Crippen molar-refractivity contribution in [1.29, 1.82) is 0 Å². The summed E-state index contributed by atoms with van der Waals surface area (Å²) in [6, 6.07) is 8.23. The minimum absolute atomic E-state index is 0.541. The van der Waals surface area contributed by atoms with E-state index in [4.69, 9.17) is 4.74 Å². The third kappa shape index (κ3) is 4.89. The molecule has 0 N–H and O–H groups in total. The molecule has 1 rings (SSSR count). The van der Waals surface area contributed by atoms with Crippen LogP contribution in [0.2, 0.25) is 0 Å². The number of rotatable bonds is 6. The van der Waals surface area contributed by atoms with Crippen molar-refractivity contribution in [2.45, 2.75) is 20.5 Å². The van der Waals surface area contributed by atoms with Crippen LogP contribution >= 0.6 is 28.6 Å². The molecule has 1 aromatic carbocycles. The molecule has 0 aliphatic rings. The lowest BCUT2D eigenvalue weighted by Crippen LogP contribution is -2.17. The zero-order valence-electron chi connectivity index (χ0n) is 9.82. The fraction of sp³-hybridized carbons (Fsp3) is 0.538. The molecule has 0 fully saturated rings. The maximum absolute atomic E-state index is 5.71. The summed E-state index contributed by atoms with van der Waals surface area (Å²) >= 11 is 7.76. The molecule has 1 atom stereocenters. The lowest BCUT2D eigenvalue weighted by Gasteiger charge is -2.18. The van der Waals surface area contributed by atoms with Gasteiger partial charge in [-0.15, -0.1) is 0 Å². The van der Waals surface area contributed by atoms with Crippen LogP contribution in [0, 0.1) is 11.8 Å². The standard InChI is InChI=1S/C13H19BrOS/c1-10(2)12(9-16)8-15-7-11-3-5-13(14)6-4-11/h3-6,10,12,16H,7-9H2,1-2H3. The van der Waals surface area contributed by atoms with Gasteiger partial charge in [0.1, 0.15) is 0 Å². The summed E-state index contributed by atoms with van der Waals surface area (Å²) in [6.45, 7) is 5.90. The fourth-order valence-corrected chi connectivity index (χ4v) is 2.16. The average Bonchev–Trinajstić information content (AvgIpc) is 2.26. The molecule has 0 radical (unpaired) electrons. The summed E-state index contributed by atoms with van der Waals surface area (Å²) in [7, 11) is 0. The van der Waals surface area contributed by atoms with Gasteiger partial charge in [0.25, 0.3) is 0 Å². The summed E-state index contributed by atoms with van der Waals surface area (Å²) in [4.78, 5) is 0. The van der Waals surface area contributed by atoms with Crippen molar-refractivity contribution in [2.24, 2.45) is 11.8 Å². The minimum atomic E-state index is 0.541. The highest BCUT2D eigenvalue weighted by Gasteiger charge is 2.11. The van der Waals surface area contributed by atoms with Crippen molar-refractivity contribution in [2.75, 3.05) is 12.4 Å². The Hall–Kier alpha value is 0.01000. The Balaban J connectivity index is 2.32. The second-order valence-corrected chi connectivity index (χ2v) is 5.61. The van der Waals surface area contributed by atoms with Crippen LogP contribution in [-0.2, 0) is 11.3 Å². The van der Waals surface area contributed by atoms with E-state index in [9.17, 15) is 0 Å². The van der Waals surface area contributed by atoms with E-state index in [0.717, 1.165) is 16.8 Å². The highest BCUT2D eigenvalue weighted by Crippen LogP contribution is 2.15. The highest BCUT2D eigenvalue weighted by atomic mass is 79.9. The predicted molar refractivity (Wildman–Crippen MR) is 76.0 cm³/mol. The van der Waals surface area contributed by atoms with Gasteiger partial charge < -0.3 is 4.74 Å². The third-order valence-electron chi connectivity index (χ3n) is 2.69. The lowest BCUT2D eigenvalue weighted by atomic mass is 9.99.